The molecule has 4 N–H and O–H groups in total. The van der Waals surface area contributed by atoms with Gasteiger partial charge in [0, 0.05) is 15.6 Å². The van der Waals surface area contributed by atoms with E-state index in [1.165, 1.54) is 6.33 Å². The lowest BCUT2D eigenvalue weighted by molar-refractivity contribution is 0.708. The zero-order chi connectivity index (χ0) is 18.5. The van der Waals surface area contributed by atoms with Crippen LogP contribution in [-0.2, 0) is 6.54 Å². The number of rotatable bonds is 5. The summed E-state index contributed by atoms with van der Waals surface area (Å²) in [6, 6.07) is 13.2. The number of nitrogens with zero attached hydrogens (tertiary/aromatic N) is 3. The average molecular weight is 389 g/mol. The summed E-state index contributed by atoms with van der Waals surface area (Å²) < 4.78 is 0. The number of hydrogen-bond donors (Lipinski definition) is 3. The molecule has 0 spiro atoms. The van der Waals surface area contributed by atoms with Gasteiger partial charge in [0.25, 0.3) is 0 Å². The molecule has 3 aromatic rings. The Labute approximate surface area is 161 Å². The number of nitrogens with two attached hydrogens (primary N) is 1. The first kappa shape index (κ1) is 18.2. The highest BCUT2D eigenvalue weighted by molar-refractivity contribution is 6.35. The number of nitrogens with one attached hydrogen (secondary N) is 2. The van der Waals surface area contributed by atoms with Gasteiger partial charge in [-0.2, -0.15) is 5.10 Å². The summed E-state index contributed by atoms with van der Waals surface area (Å²) in [5.41, 5.74) is 8.88. The van der Waals surface area contributed by atoms with Crippen molar-refractivity contribution in [3.05, 3.63) is 70.0 Å². The van der Waals surface area contributed by atoms with Crippen molar-refractivity contribution in [1.29, 1.82) is 0 Å². The van der Waals surface area contributed by atoms with Gasteiger partial charge in [-0.05, 0) is 36.2 Å². The van der Waals surface area contributed by atoms with Crippen molar-refractivity contribution >= 4 is 29.2 Å². The topological polar surface area (TPSA) is 92.0 Å². The maximum Gasteiger partial charge on any atom is 0.189 e. The molecule has 1 atom stereocenters. The van der Waals surface area contributed by atoms with E-state index in [9.17, 15) is 0 Å². The second kappa shape index (κ2) is 8.21. The van der Waals surface area contributed by atoms with Crippen molar-refractivity contribution in [3.8, 4) is 11.4 Å². The number of guanidine groups is 1. The molecular formula is C18H18Cl2N6. The average Bonchev–Trinajstić information content (AvgIpc) is 3.15. The molecule has 0 saturated heterocycles. The molecule has 1 unspecified atom stereocenters. The molecule has 0 aliphatic rings. The van der Waals surface area contributed by atoms with Crippen LogP contribution in [0.3, 0.4) is 0 Å². The first-order valence-electron chi connectivity index (χ1n) is 7.99. The Morgan fingerprint density at radius 1 is 1.27 bits per heavy atom. The van der Waals surface area contributed by atoms with Crippen LogP contribution in [0.5, 0.6) is 0 Å². The monoisotopic (exact) mass is 388 g/mol. The third-order valence-corrected chi connectivity index (χ3v) is 4.40. The van der Waals surface area contributed by atoms with Crippen LogP contribution in [0.2, 0.25) is 10.0 Å². The van der Waals surface area contributed by atoms with Gasteiger partial charge < -0.3 is 11.1 Å². The first-order chi connectivity index (χ1) is 12.5. The van der Waals surface area contributed by atoms with E-state index in [2.05, 4.69) is 25.5 Å². The third kappa shape index (κ3) is 4.53. The SMILES string of the molecule is CC(NC(N)=NCc1cccc(-c2ncn[nH]2)c1)c1ccc(Cl)cc1Cl. The zero-order valence-corrected chi connectivity index (χ0v) is 15.6. The van der Waals surface area contributed by atoms with Gasteiger partial charge in [0.15, 0.2) is 11.8 Å². The minimum atomic E-state index is -0.0935. The van der Waals surface area contributed by atoms with Gasteiger partial charge in [0.05, 0.1) is 12.6 Å². The van der Waals surface area contributed by atoms with Gasteiger partial charge in [-0.1, -0.05) is 47.5 Å². The molecule has 6 nitrogen and oxygen atoms in total. The first-order valence-corrected chi connectivity index (χ1v) is 8.74. The number of hydrogen-bond acceptors (Lipinski definition) is 3. The lowest BCUT2D eigenvalue weighted by atomic mass is 10.1. The van der Waals surface area contributed by atoms with Gasteiger partial charge >= 0.3 is 0 Å². The van der Waals surface area contributed by atoms with E-state index < -0.39 is 0 Å². The Morgan fingerprint density at radius 3 is 2.85 bits per heavy atom. The Kier molecular flexibility index (Phi) is 5.75. The molecule has 0 aliphatic heterocycles. The Hall–Kier alpha value is -2.57. The molecule has 0 saturated carbocycles. The molecule has 3 rings (SSSR count). The van der Waals surface area contributed by atoms with Gasteiger partial charge in [-0.15, -0.1) is 0 Å². The Bertz CT molecular complexity index is 908. The maximum absolute atomic E-state index is 6.23. The molecule has 1 heterocycles. The van der Waals surface area contributed by atoms with E-state index >= 15 is 0 Å². The van der Waals surface area contributed by atoms with E-state index in [4.69, 9.17) is 28.9 Å². The van der Waals surface area contributed by atoms with E-state index in [1.807, 2.05) is 37.3 Å². The van der Waals surface area contributed by atoms with E-state index in [0.717, 1.165) is 16.7 Å². The quantitative estimate of drug-likeness (QED) is 0.455. The van der Waals surface area contributed by atoms with Gasteiger partial charge in [0.1, 0.15) is 6.33 Å². The Balaban J connectivity index is 1.66. The molecule has 8 heteroatoms. The number of benzene rings is 2. The number of aromatic amines is 1. The lowest BCUT2D eigenvalue weighted by Crippen LogP contribution is -2.34. The van der Waals surface area contributed by atoms with Crippen LogP contribution in [0.25, 0.3) is 11.4 Å². The van der Waals surface area contributed by atoms with Crippen molar-refractivity contribution in [1.82, 2.24) is 20.5 Å². The largest absolute Gasteiger partial charge is 0.370 e. The molecule has 0 bridgehead atoms. The van der Waals surface area contributed by atoms with Gasteiger partial charge in [-0.25, -0.2) is 9.98 Å². The van der Waals surface area contributed by atoms with Gasteiger partial charge in [-0.3, -0.25) is 5.10 Å². The number of halogens is 2. The van der Waals surface area contributed by atoms with Crippen LogP contribution < -0.4 is 11.1 Å². The van der Waals surface area contributed by atoms with Crippen molar-refractivity contribution < 1.29 is 0 Å². The predicted molar refractivity (Wildman–Crippen MR) is 105 cm³/mol. The molecule has 26 heavy (non-hydrogen) atoms. The second-order valence-corrected chi connectivity index (χ2v) is 6.61. The molecule has 0 aliphatic carbocycles. The van der Waals surface area contributed by atoms with Gasteiger partial charge in [0.2, 0.25) is 0 Å². The minimum absolute atomic E-state index is 0.0935. The summed E-state index contributed by atoms with van der Waals surface area (Å²) in [6.07, 6.45) is 1.48. The zero-order valence-electron chi connectivity index (χ0n) is 14.1. The van der Waals surface area contributed by atoms with Crippen molar-refractivity contribution in [2.75, 3.05) is 0 Å². The fourth-order valence-electron chi connectivity index (χ4n) is 2.54. The van der Waals surface area contributed by atoms with Crippen LogP contribution in [0.15, 0.2) is 53.8 Å². The smallest absolute Gasteiger partial charge is 0.189 e. The molecular weight excluding hydrogens is 371 g/mol. The van der Waals surface area contributed by atoms with Crippen molar-refractivity contribution in [3.63, 3.8) is 0 Å². The maximum atomic E-state index is 6.23. The Morgan fingerprint density at radius 2 is 2.12 bits per heavy atom. The number of aliphatic imine (C=N–C) groups is 1. The summed E-state index contributed by atoms with van der Waals surface area (Å²) in [5.74, 6) is 1.06. The van der Waals surface area contributed by atoms with Crippen LogP contribution in [0.1, 0.15) is 24.1 Å². The summed E-state index contributed by atoms with van der Waals surface area (Å²) in [5, 5.41) is 11.0. The van der Waals surface area contributed by atoms with Crippen molar-refractivity contribution in [2.45, 2.75) is 19.5 Å². The molecule has 0 amide bonds. The number of aromatic nitrogens is 3. The summed E-state index contributed by atoms with van der Waals surface area (Å²) in [7, 11) is 0. The normalized spacial score (nSPS) is 12.8. The van der Waals surface area contributed by atoms with Crippen LogP contribution in [-0.4, -0.2) is 21.1 Å². The highest BCUT2D eigenvalue weighted by atomic mass is 35.5. The molecule has 1 aromatic heterocycles. The lowest BCUT2D eigenvalue weighted by Gasteiger charge is -2.16. The van der Waals surface area contributed by atoms with Crippen molar-refractivity contribution in [2.24, 2.45) is 10.7 Å². The fourth-order valence-corrected chi connectivity index (χ4v) is 3.11. The molecule has 2 aromatic carbocycles. The highest BCUT2D eigenvalue weighted by Gasteiger charge is 2.10. The molecule has 0 radical (unpaired) electrons. The third-order valence-electron chi connectivity index (χ3n) is 3.84. The molecule has 134 valence electrons. The second-order valence-electron chi connectivity index (χ2n) is 5.77. The summed E-state index contributed by atoms with van der Waals surface area (Å²) in [4.78, 5) is 8.55. The molecule has 0 fully saturated rings. The van der Waals surface area contributed by atoms with E-state index in [-0.39, 0.29) is 6.04 Å². The van der Waals surface area contributed by atoms with E-state index in [1.54, 1.807) is 12.1 Å². The standard InChI is InChI=1S/C18H18Cl2N6/c1-11(15-6-5-14(19)8-16(15)20)25-18(21)22-9-12-3-2-4-13(7-12)17-23-10-24-26-17/h2-8,10-11H,9H2,1H3,(H3,21,22,25)(H,23,24,26). The predicted octanol–water partition coefficient (Wildman–Crippen LogP) is 3.94. The van der Waals surface area contributed by atoms with Crippen LogP contribution in [0.4, 0.5) is 0 Å². The van der Waals surface area contributed by atoms with E-state index in [0.29, 0.717) is 28.4 Å². The highest BCUT2D eigenvalue weighted by Crippen LogP contribution is 2.26. The summed E-state index contributed by atoms with van der Waals surface area (Å²) >= 11 is 12.2. The number of H-pyrrole nitrogens is 1. The minimum Gasteiger partial charge on any atom is -0.370 e. The summed E-state index contributed by atoms with van der Waals surface area (Å²) in [6.45, 7) is 2.41. The van der Waals surface area contributed by atoms with Crippen LogP contribution in [0, 0.1) is 0 Å². The fraction of sp³-hybridized carbons (Fsp3) is 0.167. The van der Waals surface area contributed by atoms with Crippen LogP contribution >= 0.6 is 23.2 Å².